The van der Waals surface area contributed by atoms with E-state index in [0.717, 1.165) is 31.2 Å². The van der Waals surface area contributed by atoms with E-state index in [9.17, 15) is 4.79 Å². The van der Waals surface area contributed by atoms with Crippen molar-refractivity contribution in [2.45, 2.75) is 26.8 Å². The molecule has 0 aromatic carbocycles. The molecule has 1 saturated heterocycles. The van der Waals surface area contributed by atoms with E-state index in [1.807, 2.05) is 25.1 Å². The molecule has 0 spiro atoms. The van der Waals surface area contributed by atoms with Gasteiger partial charge in [-0.1, -0.05) is 6.92 Å². The topological polar surface area (TPSA) is 65.8 Å². The first kappa shape index (κ1) is 21.7. The summed E-state index contributed by atoms with van der Waals surface area (Å²) in [6.07, 6.45) is 4.66. The number of hydrogen-bond acceptors (Lipinski definition) is 4. The second kappa shape index (κ2) is 10.1. The highest BCUT2D eigenvalue weighted by Gasteiger charge is 2.27. The van der Waals surface area contributed by atoms with E-state index in [2.05, 4.69) is 29.5 Å². The normalized spacial score (nSPS) is 15.1. The maximum absolute atomic E-state index is 12.6. The highest BCUT2D eigenvalue weighted by molar-refractivity contribution is 14.0. The van der Waals surface area contributed by atoms with Crippen LogP contribution < -0.4 is 10.2 Å². The zero-order valence-electron chi connectivity index (χ0n) is 16.0. The van der Waals surface area contributed by atoms with Crippen LogP contribution in [0.5, 0.6) is 0 Å². The van der Waals surface area contributed by atoms with Gasteiger partial charge in [-0.3, -0.25) is 9.48 Å². The molecule has 0 bridgehead atoms. The van der Waals surface area contributed by atoms with Crippen molar-refractivity contribution in [1.29, 1.82) is 0 Å². The summed E-state index contributed by atoms with van der Waals surface area (Å²) in [5.74, 6) is 0.873. The Balaban J connectivity index is 0.00000261. The third kappa shape index (κ3) is 5.44. The number of carbonyl (C=O) groups is 1. The number of piperazine rings is 1. The van der Waals surface area contributed by atoms with E-state index >= 15 is 0 Å². The minimum Gasteiger partial charge on any atom is -0.356 e. The molecule has 1 aliphatic rings. The molecule has 0 aliphatic carbocycles. The number of thiophene rings is 1. The Bertz CT molecular complexity index is 786. The van der Waals surface area contributed by atoms with Crippen LogP contribution in [0.1, 0.15) is 23.6 Å². The van der Waals surface area contributed by atoms with E-state index in [-0.39, 0.29) is 29.9 Å². The predicted octanol–water partition coefficient (Wildman–Crippen LogP) is 2.48. The maximum atomic E-state index is 12.6. The molecule has 9 heteroatoms. The number of hydrogen-bond donors (Lipinski definition) is 1. The maximum Gasteiger partial charge on any atom is 0.246 e. The second-order valence-electron chi connectivity index (χ2n) is 6.23. The molecule has 148 valence electrons. The lowest BCUT2D eigenvalue weighted by atomic mass is 10.3. The number of aromatic nitrogens is 2. The van der Waals surface area contributed by atoms with Gasteiger partial charge in [0.2, 0.25) is 5.91 Å². The smallest absolute Gasteiger partial charge is 0.246 e. The van der Waals surface area contributed by atoms with Gasteiger partial charge in [0.05, 0.1) is 18.4 Å². The molecule has 0 atom stereocenters. The molecule has 0 radical (unpaired) electrons. The average Bonchev–Trinajstić information content (AvgIpc) is 3.27. The van der Waals surface area contributed by atoms with Gasteiger partial charge >= 0.3 is 0 Å². The summed E-state index contributed by atoms with van der Waals surface area (Å²) in [4.78, 5) is 23.8. The Kier molecular flexibility index (Phi) is 8.08. The fourth-order valence-electron chi connectivity index (χ4n) is 2.95. The number of halogens is 1. The molecule has 3 heterocycles. The van der Waals surface area contributed by atoms with Gasteiger partial charge in [0.1, 0.15) is 6.54 Å². The Hall–Kier alpha value is -1.62. The summed E-state index contributed by atoms with van der Waals surface area (Å²) < 4.78 is 1.71. The minimum absolute atomic E-state index is 0. The summed E-state index contributed by atoms with van der Waals surface area (Å²) in [5.41, 5.74) is 0.852. The first-order valence-corrected chi connectivity index (χ1v) is 9.82. The van der Waals surface area contributed by atoms with Crippen molar-refractivity contribution < 1.29 is 4.79 Å². The largest absolute Gasteiger partial charge is 0.356 e. The van der Waals surface area contributed by atoms with Gasteiger partial charge in [0.15, 0.2) is 5.96 Å². The van der Waals surface area contributed by atoms with Crippen molar-refractivity contribution in [3.05, 3.63) is 34.3 Å². The SMILES string of the molecule is CCNC(=NCc1ccc(CC)s1)N1CCN(c2cnn(C)c2)C(=O)C1.I. The van der Waals surface area contributed by atoms with Crippen molar-refractivity contribution in [3.63, 3.8) is 0 Å². The Morgan fingerprint density at radius 1 is 1.30 bits per heavy atom. The lowest BCUT2D eigenvalue weighted by Crippen LogP contribution is -2.55. The molecule has 1 aliphatic heterocycles. The van der Waals surface area contributed by atoms with E-state index in [0.29, 0.717) is 19.6 Å². The summed E-state index contributed by atoms with van der Waals surface area (Å²) >= 11 is 1.80. The van der Waals surface area contributed by atoms with Crippen LogP contribution in [0.4, 0.5) is 5.69 Å². The molecule has 1 fully saturated rings. The Labute approximate surface area is 181 Å². The Morgan fingerprint density at radius 2 is 2.07 bits per heavy atom. The van der Waals surface area contributed by atoms with Crippen LogP contribution in [0.3, 0.4) is 0 Å². The lowest BCUT2D eigenvalue weighted by Gasteiger charge is -2.35. The first-order chi connectivity index (χ1) is 12.6. The molecule has 3 rings (SSSR count). The Morgan fingerprint density at radius 3 is 2.67 bits per heavy atom. The van der Waals surface area contributed by atoms with Crippen LogP contribution in [0.15, 0.2) is 29.5 Å². The summed E-state index contributed by atoms with van der Waals surface area (Å²) in [6.45, 7) is 7.33. The van der Waals surface area contributed by atoms with Crippen molar-refractivity contribution in [2.24, 2.45) is 12.0 Å². The standard InChI is InChI=1S/C18H26N6OS.HI/c1-4-15-6-7-16(26-15)11-20-18(19-5-2)23-8-9-24(17(25)13-23)14-10-21-22(3)12-14;/h6-7,10,12H,4-5,8-9,11,13H2,1-3H3,(H,19,20);1H. The van der Waals surface area contributed by atoms with Gasteiger partial charge < -0.3 is 15.1 Å². The summed E-state index contributed by atoms with van der Waals surface area (Å²) in [6, 6.07) is 4.31. The first-order valence-electron chi connectivity index (χ1n) is 9.00. The van der Waals surface area contributed by atoms with Crippen LogP contribution in [-0.4, -0.2) is 52.7 Å². The van der Waals surface area contributed by atoms with Crippen molar-refractivity contribution in [3.8, 4) is 0 Å². The van der Waals surface area contributed by atoms with Gasteiger partial charge in [-0.2, -0.15) is 5.10 Å². The van der Waals surface area contributed by atoms with Crippen LogP contribution in [0.25, 0.3) is 0 Å². The van der Waals surface area contributed by atoms with E-state index in [1.165, 1.54) is 9.75 Å². The minimum atomic E-state index is 0. The fourth-order valence-corrected chi connectivity index (χ4v) is 3.83. The van der Waals surface area contributed by atoms with Gasteiger partial charge in [0, 0.05) is 42.6 Å². The molecule has 0 unspecified atom stereocenters. The summed E-state index contributed by atoms with van der Waals surface area (Å²) in [7, 11) is 1.86. The van der Waals surface area contributed by atoms with Crippen LogP contribution in [-0.2, 0) is 24.8 Å². The van der Waals surface area contributed by atoms with E-state index < -0.39 is 0 Å². The summed E-state index contributed by atoms with van der Waals surface area (Å²) in [5, 5.41) is 7.47. The van der Waals surface area contributed by atoms with Gasteiger partial charge in [-0.05, 0) is 25.5 Å². The van der Waals surface area contributed by atoms with Gasteiger partial charge in [-0.25, -0.2) is 4.99 Å². The van der Waals surface area contributed by atoms with Crippen LogP contribution >= 0.6 is 35.3 Å². The second-order valence-corrected chi connectivity index (χ2v) is 7.48. The number of aryl methyl sites for hydroxylation is 2. The number of rotatable bonds is 5. The monoisotopic (exact) mass is 502 g/mol. The number of amides is 1. The molecule has 27 heavy (non-hydrogen) atoms. The number of guanidine groups is 1. The van der Waals surface area contributed by atoms with Crippen LogP contribution in [0.2, 0.25) is 0 Å². The highest BCUT2D eigenvalue weighted by Crippen LogP contribution is 2.19. The van der Waals surface area contributed by atoms with Crippen molar-refractivity contribution >= 4 is 52.9 Å². The third-order valence-electron chi connectivity index (χ3n) is 4.31. The number of nitrogens with zero attached hydrogens (tertiary/aromatic N) is 5. The van der Waals surface area contributed by atoms with Gasteiger partial charge in [-0.15, -0.1) is 35.3 Å². The molecule has 1 amide bonds. The van der Waals surface area contributed by atoms with E-state index in [4.69, 9.17) is 4.99 Å². The molecule has 0 saturated carbocycles. The number of aliphatic imine (C=N–C) groups is 1. The molecule has 2 aromatic rings. The quantitative estimate of drug-likeness (QED) is 0.388. The molecule has 1 N–H and O–H groups in total. The predicted molar refractivity (Wildman–Crippen MR) is 121 cm³/mol. The van der Waals surface area contributed by atoms with Crippen LogP contribution in [0, 0.1) is 0 Å². The number of carbonyl (C=O) groups excluding carboxylic acids is 1. The fraction of sp³-hybridized carbons (Fsp3) is 0.500. The molecule has 2 aromatic heterocycles. The zero-order chi connectivity index (χ0) is 18.5. The average molecular weight is 502 g/mol. The third-order valence-corrected chi connectivity index (χ3v) is 5.52. The lowest BCUT2D eigenvalue weighted by molar-refractivity contribution is -0.120. The molecule has 7 nitrogen and oxygen atoms in total. The van der Waals surface area contributed by atoms with Crippen molar-refractivity contribution in [1.82, 2.24) is 20.0 Å². The number of nitrogens with one attached hydrogen (secondary N) is 1. The van der Waals surface area contributed by atoms with Crippen molar-refractivity contribution in [2.75, 3.05) is 31.1 Å². The van der Waals surface area contributed by atoms with E-state index in [1.54, 1.807) is 27.1 Å². The highest BCUT2D eigenvalue weighted by atomic mass is 127. The van der Waals surface area contributed by atoms with Gasteiger partial charge in [0.25, 0.3) is 0 Å². The molecular formula is C18H27IN6OS. The zero-order valence-corrected chi connectivity index (χ0v) is 19.2. The molecular weight excluding hydrogens is 475 g/mol. The number of anilines is 1.